The van der Waals surface area contributed by atoms with Crippen molar-refractivity contribution >= 4 is 134 Å². The second-order valence-corrected chi connectivity index (χ2v) is 62.7. The molecule has 12 N–H and O–H groups in total. The number of thioether (sulfide) groups is 8. The van der Waals surface area contributed by atoms with Crippen molar-refractivity contribution in [3.8, 4) is 0 Å². The lowest BCUT2D eigenvalue weighted by Crippen LogP contribution is -2.64. The van der Waals surface area contributed by atoms with Crippen molar-refractivity contribution in [1.29, 1.82) is 0 Å². The van der Waals surface area contributed by atoms with Gasteiger partial charge in [-0.2, -0.15) is 124 Å². The van der Waals surface area contributed by atoms with Crippen LogP contribution in [0, 0.1) is 71.0 Å². The fourth-order valence-corrected chi connectivity index (χ4v) is 53.2. The fourth-order valence-electron chi connectivity index (χ4n) is 31.5. The average Bonchev–Trinajstić information content (AvgIpc) is 1.55. The minimum atomic E-state index is -5.37. The van der Waals surface area contributed by atoms with Crippen LogP contribution in [0.25, 0.3) is 0 Å². The molecule has 0 aromatic carbocycles. The van der Waals surface area contributed by atoms with E-state index >= 15 is 4.21 Å². The Kier molecular flexibility index (Phi) is 27.2. The van der Waals surface area contributed by atoms with Gasteiger partial charge >= 0.3 is 0 Å². The van der Waals surface area contributed by atoms with Crippen molar-refractivity contribution in [2.45, 2.75) is 440 Å². The summed E-state index contributed by atoms with van der Waals surface area (Å²) in [6.45, 7) is 9.44. The van der Waals surface area contributed by atoms with Gasteiger partial charge in [-0.15, -0.1) is 0 Å². The predicted octanol–water partition coefficient (Wildman–Crippen LogP) is 14.2. The summed E-state index contributed by atoms with van der Waals surface area (Å²) in [5.41, 5.74) is 0. The van der Waals surface area contributed by atoms with E-state index in [0.717, 1.165) is 109 Å². The Morgan fingerprint density at radius 1 is 0.292 bits per heavy atom. The smallest absolute Gasteiger partial charge is 0.264 e. The first-order valence-electron chi connectivity index (χ1n) is 48.8. The van der Waals surface area contributed by atoms with Crippen LogP contribution >= 0.6 is 94.1 Å². The molecule has 0 aromatic rings. The van der Waals surface area contributed by atoms with Gasteiger partial charge in [0.1, 0.15) is 9.81 Å². The van der Waals surface area contributed by atoms with Crippen LogP contribution in [0.2, 0.25) is 0 Å². The molecule has 44 unspecified atom stereocenters. The van der Waals surface area contributed by atoms with E-state index in [9.17, 15) is 48.0 Å². The molecule has 16 aliphatic heterocycles. The topological polar surface area (TPSA) is 308 Å². The SMILES string of the molecule is CC1CCC(C2CCC(C3CCC(C4CCC(C5CCC(C6CCC(C7CCC(C8CCC(C)N8)N7)N6S(=O)(O)(O)CCCCC6C7CC(C8CC9C(CCCCS(=O)(=O)O)C%10CC(C)SC%10C9S8)SC7C7SC(C8CC9C(CCCCS(=O)(=O)O)C%10CC(C%11CC%12C(CCCCS(=O)(=O)O)C%13CC(C)SC%13C%12S%11)SC%10C9S8)CC67)N5)N4)N3)N2)N1. The summed E-state index contributed by atoms with van der Waals surface area (Å²) in [5, 5.41) is 38.0. The number of hydrogen-bond donors (Lipinski definition) is 12. The molecule has 20 rings (SSSR count). The van der Waals surface area contributed by atoms with Gasteiger partial charge in [0.15, 0.2) is 0 Å². The molecule has 16 saturated heterocycles. The summed E-state index contributed by atoms with van der Waals surface area (Å²) in [6.07, 6.45) is 37.0. The first-order chi connectivity index (χ1) is 57.4. The monoisotopic (exact) mass is 1890 g/mol. The molecule has 20 nitrogen and oxygen atoms in total. The van der Waals surface area contributed by atoms with Crippen LogP contribution in [0.5, 0.6) is 0 Å². The number of fused-ring (bicyclic) bond motifs is 12. The summed E-state index contributed by atoms with van der Waals surface area (Å²) in [4.78, 5) is 0. The minimum Gasteiger partial charge on any atom is -0.310 e. The third kappa shape index (κ3) is 18.6. The van der Waals surface area contributed by atoms with Gasteiger partial charge in [0.2, 0.25) is 0 Å². The lowest BCUT2D eigenvalue weighted by atomic mass is 9.78. The lowest BCUT2D eigenvalue weighted by molar-refractivity contribution is 0.183. The van der Waals surface area contributed by atoms with Crippen LogP contribution in [0.1, 0.15) is 259 Å². The molecular formula is C88H148N8O12S12. The predicted molar refractivity (Wildman–Crippen MR) is 504 cm³/mol. The van der Waals surface area contributed by atoms with E-state index in [-0.39, 0.29) is 53.2 Å². The number of nitrogens with zero attached hydrogens (tertiary/aromatic N) is 1. The Hall–Kier alpha value is 2.28. The molecule has 44 atom stereocenters. The first-order valence-corrected chi connectivity index (χ1v) is 63.1. The van der Waals surface area contributed by atoms with Gasteiger partial charge in [0.25, 0.3) is 30.4 Å². The second kappa shape index (κ2) is 36.2. The summed E-state index contributed by atoms with van der Waals surface area (Å²) >= 11 is 18.6. The van der Waals surface area contributed by atoms with Crippen molar-refractivity contribution in [3.05, 3.63) is 0 Å². The maximum atomic E-state index is 16.3. The number of rotatable bonds is 31. The first kappa shape index (κ1) is 90.1. The largest absolute Gasteiger partial charge is 0.310 e. The zero-order valence-corrected chi connectivity index (χ0v) is 81.4. The molecule has 20 fully saturated rings. The molecule has 0 amide bonds. The summed E-state index contributed by atoms with van der Waals surface area (Å²) in [6, 6.07) is 5.16. The maximum Gasteiger partial charge on any atom is 0.264 e. The third-order valence-electron chi connectivity index (χ3n) is 36.3. The van der Waals surface area contributed by atoms with Crippen molar-refractivity contribution in [1.82, 2.24) is 41.5 Å². The van der Waals surface area contributed by atoms with Crippen LogP contribution < -0.4 is 37.2 Å². The van der Waals surface area contributed by atoms with Gasteiger partial charge in [0.05, 0.1) is 23.0 Å². The van der Waals surface area contributed by atoms with Gasteiger partial charge in [-0.1, -0.05) is 39.5 Å². The highest BCUT2D eigenvalue weighted by Crippen LogP contribution is 2.73. The van der Waals surface area contributed by atoms with Gasteiger partial charge < -0.3 is 37.2 Å². The molecule has 0 aromatic heterocycles. The Bertz CT molecular complexity index is 4040. The quantitative estimate of drug-likeness (QED) is 0.0227. The number of nitrogens with one attached hydrogen (secondary N) is 7. The molecule has 4 aliphatic carbocycles. The molecule has 32 heteroatoms. The molecule has 120 heavy (non-hydrogen) atoms. The third-order valence-corrected chi connectivity index (χ3v) is 56.5. The van der Waals surface area contributed by atoms with E-state index < -0.39 is 40.2 Å². The van der Waals surface area contributed by atoms with E-state index in [1.54, 1.807) is 0 Å². The standard InChI is InChI=1S/C88H148N8O12S12/c1-45-17-19-61(89-45)63-21-22-65(91-63)66-23-24-67(92-66)68-25-26-69(93-68)70-28-30-72(95-70)74-32-31-73(71-29-27-64(94-71)62-20-18-46(2)90-62)96(74)120(106,107,108)36-12-8-16-52-59-43-78(76-40-56-50(14-6-10-34-118(100,101)102)54-38-48(4)110-82(54)84(56)112-76)114-87(59)88-60(52)44-80(116-88)79-42-58-51(15-7-11-35-119(103,104)105)57-41-77(113-85(57)86(58)115-79)75-39-55-49(13-5-9-33-117(97,98)99)53-37-47(3)109-81(53)83(55)111-75/h45-95H,5-44H2,1-4H3,(H,97,98,99)(H,100,101,102)(H,103,104,105)(H2,106,107,108). The highest BCUT2D eigenvalue weighted by Gasteiger charge is 2.68. The Labute approximate surface area is 754 Å². The zero-order valence-electron chi connectivity index (χ0n) is 71.6. The Morgan fingerprint density at radius 3 is 0.775 bits per heavy atom. The lowest BCUT2D eigenvalue weighted by Gasteiger charge is -2.48. The zero-order chi connectivity index (χ0) is 82.8. The van der Waals surface area contributed by atoms with Gasteiger partial charge in [-0.25, -0.2) is 4.21 Å². The van der Waals surface area contributed by atoms with E-state index in [2.05, 4.69) is 159 Å². The number of unbranched alkanes of at least 4 members (excludes halogenated alkanes) is 4. The second-order valence-electron chi connectivity index (χ2n) is 43.4. The molecular weight excluding hydrogens is 1750 g/mol. The van der Waals surface area contributed by atoms with E-state index in [1.165, 1.54) is 96.3 Å². The molecule has 16 heterocycles. The molecule has 684 valence electrons. The fraction of sp³-hybridized carbons (Fsp3) is 1.00. The van der Waals surface area contributed by atoms with Gasteiger partial charge in [0, 0.05) is 181 Å². The molecule has 0 bridgehead atoms. The van der Waals surface area contributed by atoms with Crippen molar-refractivity contribution in [2.24, 2.45) is 71.0 Å². The highest BCUT2D eigenvalue weighted by molar-refractivity contribution is 8.09. The van der Waals surface area contributed by atoms with Crippen LogP contribution in [0.15, 0.2) is 0 Å². The van der Waals surface area contributed by atoms with Crippen molar-refractivity contribution < 1.29 is 52.2 Å². The summed E-state index contributed by atoms with van der Waals surface area (Å²) < 4.78 is 146. The van der Waals surface area contributed by atoms with E-state index in [0.29, 0.717) is 247 Å². The van der Waals surface area contributed by atoms with Crippen molar-refractivity contribution in [2.75, 3.05) is 23.0 Å². The van der Waals surface area contributed by atoms with Gasteiger partial charge in [-0.3, -0.25) is 22.8 Å². The minimum absolute atomic E-state index is 0.0155. The van der Waals surface area contributed by atoms with E-state index in [1.807, 2.05) is 4.31 Å². The van der Waals surface area contributed by atoms with Gasteiger partial charge in [-0.05, 0) is 290 Å². The molecule has 0 radical (unpaired) electrons. The molecule has 20 aliphatic rings. The van der Waals surface area contributed by atoms with Crippen LogP contribution in [0.4, 0.5) is 0 Å². The van der Waals surface area contributed by atoms with Crippen LogP contribution in [0.3, 0.4) is 0 Å². The van der Waals surface area contributed by atoms with Crippen molar-refractivity contribution in [3.63, 3.8) is 0 Å². The van der Waals surface area contributed by atoms with E-state index in [4.69, 9.17) is 0 Å². The Balaban J connectivity index is 0.521. The summed E-state index contributed by atoms with van der Waals surface area (Å²) in [7, 11) is -17.4. The highest BCUT2D eigenvalue weighted by atomic mass is 32.3. The van der Waals surface area contributed by atoms with Crippen LogP contribution in [-0.4, -0.2) is 260 Å². The van der Waals surface area contributed by atoms with Crippen LogP contribution in [-0.2, 0) is 40.2 Å². The Morgan fingerprint density at radius 2 is 0.517 bits per heavy atom. The maximum absolute atomic E-state index is 16.3. The molecule has 0 spiro atoms. The molecule has 4 saturated carbocycles. The normalized spacial score (nSPS) is 51.8. The average molecular weight is 1900 g/mol. The number of hydrogen-bond acceptors (Lipinski definition) is 22. The summed E-state index contributed by atoms with van der Waals surface area (Å²) in [5.74, 6) is 6.68.